The van der Waals surface area contributed by atoms with Gasteiger partial charge >= 0.3 is 0 Å². The number of nitrogens with zero attached hydrogens (tertiary/aromatic N) is 2. The summed E-state index contributed by atoms with van der Waals surface area (Å²) in [4.78, 5) is 17.4. The van der Waals surface area contributed by atoms with E-state index in [2.05, 4.69) is 10.3 Å². The fourth-order valence-corrected chi connectivity index (χ4v) is 1.18. The van der Waals surface area contributed by atoms with Gasteiger partial charge in [0.15, 0.2) is 0 Å². The third kappa shape index (κ3) is 3.58. The van der Waals surface area contributed by atoms with Crippen molar-refractivity contribution in [2.24, 2.45) is 0 Å². The van der Waals surface area contributed by atoms with Crippen molar-refractivity contribution in [1.82, 2.24) is 4.98 Å². The second kappa shape index (κ2) is 5.34. The number of anilines is 2. The third-order valence-corrected chi connectivity index (χ3v) is 1.97. The first-order chi connectivity index (χ1) is 7.13. The molecule has 0 radical (unpaired) electrons. The van der Waals surface area contributed by atoms with Crippen molar-refractivity contribution in [1.29, 1.82) is 0 Å². The molecule has 1 N–H and O–H groups in total. The monoisotopic (exact) mass is 207 g/mol. The van der Waals surface area contributed by atoms with Crippen LogP contribution in [-0.2, 0) is 4.79 Å². The standard InChI is InChI=1S/C11H17N3O/c1-4-5-11(15)13-9-6-7-10(12-8-9)14(2)3/h6-8H,4-5H2,1-3H3,(H,13,15). The Morgan fingerprint density at radius 3 is 2.67 bits per heavy atom. The van der Waals surface area contributed by atoms with Gasteiger partial charge in [-0.1, -0.05) is 6.92 Å². The van der Waals surface area contributed by atoms with E-state index in [1.807, 2.05) is 38.1 Å². The zero-order chi connectivity index (χ0) is 11.3. The van der Waals surface area contributed by atoms with E-state index in [0.29, 0.717) is 6.42 Å². The van der Waals surface area contributed by atoms with Crippen LogP contribution in [-0.4, -0.2) is 25.0 Å². The van der Waals surface area contributed by atoms with E-state index in [9.17, 15) is 4.79 Å². The van der Waals surface area contributed by atoms with Gasteiger partial charge in [-0.3, -0.25) is 4.79 Å². The molecule has 1 aromatic heterocycles. The second-order valence-corrected chi connectivity index (χ2v) is 3.60. The minimum absolute atomic E-state index is 0.0388. The Bertz CT molecular complexity index is 319. The van der Waals surface area contributed by atoms with Crippen molar-refractivity contribution in [3.8, 4) is 0 Å². The van der Waals surface area contributed by atoms with Crippen LogP contribution in [0.2, 0.25) is 0 Å². The molecule has 0 fully saturated rings. The first-order valence-corrected chi connectivity index (χ1v) is 5.06. The lowest BCUT2D eigenvalue weighted by Gasteiger charge is -2.11. The maximum atomic E-state index is 11.3. The normalized spacial score (nSPS) is 9.80. The van der Waals surface area contributed by atoms with Crippen LogP contribution in [0.15, 0.2) is 18.3 Å². The summed E-state index contributed by atoms with van der Waals surface area (Å²) < 4.78 is 0. The van der Waals surface area contributed by atoms with Gasteiger partial charge in [-0.05, 0) is 18.6 Å². The number of carbonyl (C=O) groups excluding carboxylic acids is 1. The van der Waals surface area contributed by atoms with Crippen LogP contribution in [0.1, 0.15) is 19.8 Å². The summed E-state index contributed by atoms with van der Waals surface area (Å²) >= 11 is 0. The lowest BCUT2D eigenvalue weighted by Crippen LogP contribution is -2.13. The van der Waals surface area contributed by atoms with Crippen LogP contribution in [0.4, 0.5) is 11.5 Å². The van der Waals surface area contributed by atoms with Gasteiger partial charge < -0.3 is 10.2 Å². The van der Waals surface area contributed by atoms with E-state index in [4.69, 9.17) is 0 Å². The highest BCUT2D eigenvalue weighted by molar-refractivity contribution is 5.90. The lowest BCUT2D eigenvalue weighted by molar-refractivity contribution is -0.116. The average molecular weight is 207 g/mol. The zero-order valence-corrected chi connectivity index (χ0v) is 9.45. The van der Waals surface area contributed by atoms with Crippen molar-refractivity contribution in [3.63, 3.8) is 0 Å². The molecule has 82 valence electrons. The maximum Gasteiger partial charge on any atom is 0.224 e. The Balaban J connectivity index is 2.60. The molecule has 0 aliphatic heterocycles. The summed E-state index contributed by atoms with van der Waals surface area (Å²) in [6.45, 7) is 1.98. The number of hydrogen-bond acceptors (Lipinski definition) is 3. The fraction of sp³-hybridized carbons (Fsp3) is 0.455. The molecule has 0 aliphatic carbocycles. The Hall–Kier alpha value is -1.58. The highest BCUT2D eigenvalue weighted by Crippen LogP contribution is 2.11. The zero-order valence-electron chi connectivity index (χ0n) is 9.45. The summed E-state index contributed by atoms with van der Waals surface area (Å²) in [5, 5.41) is 2.79. The molecule has 4 nitrogen and oxygen atoms in total. The van der Waals surface area contributed by atoms with Crippen molar-refractivity contribution < 1.29 is 4.79 Å². The average Bonchev–Trinajstić information content (AvgIpc) is 2.18. The molecule has 0 saturated heterocycles. The Morgan fingerprint density at radius 2 is 2.20 bits per heavy atom. The van der Waals surface area contributed by atoms with Crippen molar-refractivity contribution in [2.45, 2.75) is 19.8 Å². The van der Waals surface area contributed by atoms with Crippen molar-refractivity contribution >= 4 is 17.4 Å². The van der Waals surface area contributed by atoms with Gasteiger partial charge in [0.25, 0.3) is 0 Å². The molecule has 0 atom stereocenters. The maximum absolute atomic E-state index is 11.3. The number of hydrogen-bond donors (Lipinski definition) is 1. The van der Waals surface area contributed by atoms with E-state index in [0.717, 1.165) is 17.9 Å². The second-order valence-electron chi connectivity index (χ2n) is 3.60. The molecular formula is C11H17N3O. The van der Waals surface area contributed by atoms with Gasteiger partial charge in [0.05, 0.1) is 11.9 Å². The van der Waals surface area contributed by atoms with E-state index in [1.165, 1.54) is 0 Å². The van der Waals surface area contributed by atoms with Gasteiger partial charge in [-0.15, -0.1) is 0 Å². The summed E-state index contributed by atoms with van der Waals surface area (Å²) in [5.74, 6) is 0.917. The number of rotatable bonds is 4. The van der Waals surface area contributed by atoms with E-state index in [1.54, 1.807) is 6.20 Å². The molecule has 0 bridgehead atoms. The molecule has 1 rings (SSSR count). The highest BCUT2D eigenvalue weighted by atomic mass is 16.1. The summed E-state index contributed by atoms with van der Waals surface area (Å²) in [5.41, 5.74) is 0.749. The fourth-order valence-electron chi connectivity index (χ4n) is 1.18. The molecule has 0 saturated carbocycles. The molecular weight excluding hydrogens is 190 g/mol. The van der Waals surface area contributed by atoms with E-state index in [-0.39, 0.29) is 5.91 Å². The molecule has 0 aromatic carbocycles. The van der Waals surface area contributed by atoms with Crippen LogP contribution in [0, 0.1) is 0 Å². The molecule has 0 spiro atoms. The Morgan fingerprint density at radius 1 is 1.47 bits per heavy atom. The van der Waals surface area contributed by atoms with Crippen LogP contribution < -0.4 is 10.2 Å². The Kier molecular flexibility index (Phi) is 4.09. The lowest BCUT2D eigenvalue weighted by atomic mass is 10.3. The Labute approximate surface area is 90.3 Å². The van der Waals surface area contributed by atoms with Crippen molar-refractivity contribution in [3.05, 3.63) is 18.3 Å². The predicted molar refractivity (Wildman–Crippen MR) is 62.1 cm³/mol. The number of pyridine rings is 1. The molecule has 1 aromatic rings. The number of nitrogens with one attached hydrogen (secondary N) is 1. The minimum Gasteiger partial charge on any atom is -0.363 e. The van der Waals surface area contributed by atoms with Crippen LogP contribution >= 0.6 is 0 Å². The smallest absolute Gasteiger partial charge is 0.224 e. The molecule has 0 unspecified atom stereocenters. The van der Waals surface area contributed by atoms with Crippen LogP contribution in [0.5, 0.6) is 0 Å². The van der Waals surface area contributed by atoms with Gasteiger partial charge in [-0.2, -0.15) is 0 Å². The first-order valence-electron chi connectivity index (χ1n) is 5.06. The van der Waals surface area contributed by atoms with Gasteiger partial charge in [0.2, 0.25) is 5.91 Å². The topological polar surface area (TPSA) is 45.2 Å². The van der Waals surface area contributed by atoms with E-state index >= 15 is 0 Å². The molecule has 4 heteroatoms. The minimum atomic E-state index is 0.0388. The summed E-state index contributed by atoms with van der Waals surface area (Å²) in [6, 6.07) is 3.73. The van der Waals surface area contributed by atoms with Gasteiger partial charge in [0.1, 0.15) is 5.82 Å². The van der Waals surface area contributed by atoms with E-state index < -0.39 is 0 Å². The van der Waals surface area contributed by atoms with Crippen molar-refractivity contribution in [2.75, 3.05) is 24.3 Å². The SMILES string of the molecule is CCCC(=O)Nc1ccc(N(C)C)nc1. The van der Waals surface area contributed by atoms with Crippen LogP contribution in [0.3, 0.4) is 0 Å². The largest absolute Gasteiger partial charge is 0.363 e. The third-order valence-electron chi connectivity index (χ3n) is 1.97. The van der Waals surface area contributed by atoms with Gasteiger partial charge in [-0.25, -0.2) is 4.98 Å². The number of carbonyl (C=O) groups is 1. The molecule has 0 aliphatic rings. The number of amides is 1. The van der Waals surface area contributed by atoms with Crippen LogP contribution in [0.25, 0.3) is 0 Å². The summed E-state index contributed by atoms with van der Waals surface area (Å²) in [6.07, 6.45) is 3.08. The molecule has 1 heterocycles. The molecule has 15 heavy (non-hydrogen) atoms. The highest BCUT2D eigenvalue weighted by Gasteiger charge is 2.01. The summed E-state index contributed by atoms with van der Waals surface area (Å²) in [7, 11) is 3.86. The van der Waals surface area contributed by atoms with Gasteiger partial charge in [0, 0.05) is 20.5 Å². The quantitative estimate of drug-likeness (QED) is 0.820. The predicted octanol–water partition coefficient (Wildman–Crippen LogP) is 1.89. The number of aromatic nitrogens is 1. The first kappa shape index (κ1) is 11.5. The molecule has 1 amide bonds.